The van der Waals surface area contributed by atoms with Crippen LogP contribution in [0.5, 0.6) is 11.5 Å². The van der Waals surface area contributed by atoms with Crippen LogP contribution in [0.4, 0.5) is 0 Å². The first-order chi connectivity index (χ1) is 12.7. The molecule has 1 aliphatic rings. The van der Waals surface area contributed by atoms with E-state index in [9.17, 15) is 4.79 Å². The summed E-state index contributed by atoms with van der Waals surface area (Å²) in [5, 5.41) is 10.2. The Hall–Kier alpha value is -2.25. The molecule has 0 atom stereocenters. The van der Waals surface area contributed by atoms with Crippen molar-refractivity contribution in [2.24, 2.45) is 5.92 Å². The smallest absolute Gasteiger partial charge is 0.271 e. The van der Waals surface area contributed by atoms with Crippen molar-refractivity contribution in [1.29, 1.82) is 0 Å². The van der Waals surface area contributed by atoms with Crippen molar-refractivity contribution in [3.8, 4) is 11.5 Å². The van der Waals surface area contributed by atoms with E-state index in [1.54, 1.807) is 31.4 Å². The summed E-state index contributed by atoms with van der Waals surface area (Å²) in [6, 6.07) is 6.86. The molecule has 2 aromatic rings. The van der Waals surface area contributed by atoms with E-state index in [0.29, 0.717) is 40.4 Å². The highest BCUT2D eigenvalue weighted by atomic mass is 35.5. The number of carbonyl (C=O) groups excluding carboxylic acids is 1. The number of aromatic nitrogens is 2. The first-order valence-corrected chi connectivity index (χ1v) is 8.90. The number of methoxy groups -OCH3 is 1. The number of rotatable bonds is 7. The van der Waals surface area contributed by atoms with Gasteiger partial charge in [0.05, 0.1) is 17.8 Å². The Morgan fingerprint density at radius 3 is 2.92 bits per heavy atom. The lowest BCUT2D eigenvalue weighted by atomic mass is 10.0. The molecule has 3 rings (SSSR count). The first-order valence-electron chi connectivity index (χ1n) is 8.52. The lowest BCUT2D eigenvalue weighted by molar-refractivity contribution is 0.0642. The molecular weight excluding hydrogens is 358 g/mol. The fourth-order valence-corrected chi connectivity index (χ4v) is 2.94. The van der Waals surface area contributed by atoms with Crippen molar-refractivity contribution in [3.63, 3.8) is 0 Å². The van der Waals surface area contributed by atoms with Gasteiger partial charge in [-0.3, -0.25) is 9.89 Å². The van der Waals surface area contributed by atoms with Crippen molar-refractivity contribution >= 4 is 17.5 Å². The molecule has 0 aliphatic carbocycles. The summed E-state index contributed by atoms with van der Waals surface area (Å²) >= 11 is 6.14. The van der Waals surface area contributed by atoms with Crippen LogP contribution < -0.4 is 14.8 Å². The second-order valence-corrected chi connectivity index (χ2v) is 6.54. The maximum absolute atomic E-state index is 12.2. The molecule has 1 saturated heterocycles. The third-order valence-electron chi connectivity index (χ3n) is 4.28. The fraction of sp³-hybridized carbons (Fsp3) is 0.444. The molecular formula is C18H22ClN3O4. The van der Waals surface area contributed by atoms with E-state index in [1.165, 1.54) is 0 Å². The third-order valence-corrected chi connectivity index (χ3v) is 4.57. The van der Waals surface area contributed by atoms with Gasteiger partial charge in [-0.1, -0.05) is 11.6 Å². The van der Waals surface area contributed by atoms with Crippen molar-refractivity contribution in [1.82, 2.24) is 15.5 Å². The Labute approximate surface area is 157 Å². The Morgan fingerprint density at radius 1 is 1.38 bits per heavy atom. The molecule has 0 unspecified atom stereocenters. The SMILES string of the molecule is COc1ccc(OCc2cc(C(=O)NCC3CCOCC3)n[nH]2)c(Cl)c1. The van der Waals surface area contributed by atoms with E-state index in [2.05, 4.69) is 15.5 Å². The van der Waals surface area contributed by atoms with Crippen LogP contribution in [0.3, 0.4) is 0 Å². The molecule has 1 aromatic heterocycles. The molecule has 1 fully saturated rings. The van der Waals surface area contributed by atoms with Crippen LogP contribution in [-0.2, 0) is 11.3 Å². The highest BCUT2D eigenvalue weighted by Gasteiger charge is 2.16. The monoisotopic (exact) mass is 379 g/mol. The van der Waals surface area contributed by atoms with Gasteiger partial charge in [0.25, 0.3) is 5.91 Å². The number of nitrogens with one attached hydrogen (secondary N) is 2. The van der Waals surface area contributed by atoms with Crippen molar-refractivity contribution in [3.05, 3.63) is 40.7 Å². The molecule has 2 N–H and O–H groups in total. The maximum Gasteiger partial charge on any atom is 0.271 e. The molecule has 0 bridgehead atoms. The van der Waals surface area contributed by atoms with Crippen LogP contribution >= 0.6 is 11.6 Å². The molecule has 0 spiro atoms. The molecule has 1 aromatic carbocycles. The molecule has 2 heterocycles. The zero-order chi connectivity index (χ0) is 18.4. The standard InChI is InChI=1S/C18H22ClN3O4/c1-24-14-2-3-17(15(19)9-14)26-11-13-8-16(22-21-13)18(23)20-10-12-4-6-25-7-5-12/h2-3,8-9,12H,4-7,10-11H2,1H3,(H,20,23)(H,21,22). The van der Waals surface area contributed by atoms with E-state index in [-0.39, 0.29) is 12.5 Å². The second kappa shape index (κ2) is 8.91. The predicted octanol–water partition coefficient (Wildman–Crippen LogP) is 2.81. The van der Waals surface area contributed by atoms with Gasteiger partial charge in [-0.05, 0) is 37.0 Å². The van der Waals surface area contributed by atoms with Gasteiger partial charge in [0.15, 0.2) is 0 Å². The Morgan fingerprint density at radius 2 is 2.19 bits per heavy atom. The molecule has 7 nitrogen and oxygen atoms in total. The summed E-state index contributed by atoms with van der Waals surface area (Å²) < 4.78 is 16.1. The number of benzene rings is 1. The number of halogens is 1. The maximum atomic E-state index is 12.2. The number of hydrogen-bond acceptors (Lipinski definition) is 5. The predicted molar refractivity (Wildman–Crippen MR) is 96.8 cm³/mol. The van der Waals surface area contributed by atoms with Gasteiger partial charge in [-0.2, -0.15) is 5.10 Å². The van der Waals surface area contributed by atoms with Gasteiger partial charge in [0.2, 0.25) is 0 Å². The number of carbonyl (C=O) groups is 1. The molecule has 26 heavy (non-hydrogen) atoms. The second-order valence-electron chi connectivity index (χ2n) is 6.13. The molecule has 0 saturated carbocycles. The molecule has 1 aliphatic heterocycles. The number of nitrogens with zero attached hydrogens (tertiary/aromatic N) is 1. The largest absolute Gasteiger partial charge is 0.497 e. The van der Waals surface area contributed by atoms with Gasteiger partial charge in [-0.25, -0.2) is 0 Å². The minimum Gasteiger partial charge on any atom is -0.497 e. The van der Waals surface area contributed by atoms with Crippen LogP contribution in [-0.4, -0.2) is 43.0 Å². The van der Waals surface area contributed by atoms with E-state index >= 15 is 0 Å². The quantitative estimate of drug-likeness (QED) is 0.772. The molecule has 140 valence electrons. The van der Waals surface area contributed by atoms with Crippen LogP contribution in [0, 0.1) is 5.92 Å². The molecule has 8 heteroatoms. The Bertz CT molecular complexity index is 744. The number of aromatic amines is 1. The number of ether oxygens (including phenoxy) is 3. The summed E-state index contributed by atoms with van der Waals surface area (Å²) in [7, 11) is 1.57. The zero-order valence-electron chi connectivity index (χ0n) is 14.6. The summed E-state index contributed by atoms with van der Waals surface area (Å²) in [5.41, 5.74) is 1.03. The average molecular weight is 380 g/mol. The Balaban J connectivity index is 1.50. The normalized spacial score (nSPS) is 14.8. The highest BCUT2D eigenvalue weighted by molar-refractivity contribution is 6.32. The van der Waals surface area contributed by atoms with Crippen molar-refractivity contribution in [2.75, 3.05) is 26.9 Å². The average Bonchev–Trinajstić information content (AvgIpc) is 3.15. The van der Waals surface area contributed by atoms with E-state index in [4.69, 9.17) is 25.8 Å². The highest BCUT2D eigenvalue weighted by Crippen LogP contribution is 2.29. The van der Waals surface area contributed by atoms with Gasteiger partial charge in [0, 0.05) is 25.8 Å². The van der Waals surface area contributed by atoms with Crippen molar-refractivity contribution < 1.29 is 19.0 Å². The zero-order valence-corrected chi connectivity index (χ0v) is 15.3. The number of amides is 1. The Kier molecular flexibility index (Phi) is 6.35. The van der Waals surface area contributed by atoms with Crippen LogP contribution in [0.25, 0.3) is 0 Å². The minimum atomic E-state index is -0.193. The number of hydrogen-bond donors (Lipinski definition) is 2. The fourth-order valence-electron chi connectivity index (χ4n) is 2.71. The van der Waals surface area contributed by atoms with Gasteiger partial charge >= 0.3 is 0 Å². The van der Waals surface area contributed by atoms with Gasteiger partial charge < -0.3 is 19.5 Å². The van der Waals surface area contributed by atoms with Crippen LogP contribution in [0.15, 0.2) is 24.3 Å². The summed E-state index contributed by atoms with van der Waals surface area (Å²) in [4.78, 5) is 12.2. The van der Waals surface area contributed by atoms with Gasteiger partial charge in [0.1, 0.15) is 23.8 Å². The van der Waals surface area contributed by atoms with E-state index in [1.807, 2.05) is 0 Å². The number of H-pyrrole nitrogens is 1. The van der Waals surface area contributed by atoms with E-state index < -0.39 is 0 Å². The van der Waals surface area contributed by atoms with Gasteiger partial charge in [-0.15, -0.1) is 0 Å². The molecule has 1 amide bonds. The van der Waals surface area contributed by atoms with E-state index in [0.717, 1.165) is 26.1 Å². The lowest BCUT2D eigenvalue weighted by Crippen LogP contribution is -2.32. The molecule has 0 radical (unpaired) electrons. The summed E-state index contributed by atoms with van der Waals surface area (Å²) in [6.45, 7) is 2.39. The first kappa shape index (κ1) is 18.5. The topological polar surface area (TPSA) is 85.5 Å². The third kappa shape index (κ3) is 4.89. The summed E-state index contributed by atoms with van der Waals surface area (Å²) in [5.74, 6) is 1.47. The van der Waals surface area contributed by atoms with Crippen LogP contribution in [0.1, 0.15) is 29.0 Å². The van der Waals surface area contributed by atoms with Crippen LogP contribution in [0.2, 0.25) is 5.02 Å². The minimum absolute atomic E-state index is 0.193. The lowest BCUT2D eigenvalue weighted by Gasteiger charge is -2.21. The van der Waals surface area contributed by atoms with Crippen molar-refractivity contribution in [2.45, 2.75) is 19.4 Å². The summed E-state index contributed by atoms with van der Waals surface area (Å²) in [6.07, 6.45) is 1.95.